The molecule has 1 saturated carbocycles. The number of aryl methyl sites for hydroxylation is 1. The van der Waals surface area contributed by atoms with Gasteiger partial charge in [-0.05, 0) is 48.8 Å². The SMILES string of the molecule is Cc1ccc(C2(O)CC(C(C)C)C2)cc1F. The summed E-state index contributed by atoms with van der Waals surface area (Å²) in [6.45, 7) is 6.07. The third kappa shape index (κ3) is 1.86. The highest BCUT2D eigenvalue weighted by Gasteiger charge is 2.45. The van der Waals surface area contributed by atoms with Gasteiger partial charge in [-0.1, -0.05) is 26.0 Å². The Labute approximate surface area is 96.3 Å². The van der Waals surface area contributed by atoms with Crippen LogP contribution in [0.1, 0.15) is 37.8 Å². The predicted molar refractivity (Wildman–Crippen MR) is 62.6 cm³/mol. The molecular formula is C14H19FO. The van der Waals surface area contributed by atoms with Crippen LogP contribution in [0.2, 0.25) is 0 Å². The summed E-state index contributed by atoms with van der Waals surface area (Å²) in [4.78, 5) is 0. The van der Waals surface area contributed by atoms with E-state index in [9.17, 15) is 9.50 Å². The monoisotopic (exact) mass is 222 g/mol. The van der Waals surface area contributed by atoms with Crippen molar-refractivity contribution in [2.45, 2.75) is 39.2 Å². The maximum atomic E-state index is 13.4. The molecule has 16 heavy (non-hydrogen) atoms. The minimum Gasteiger partial charge on any atom is -0.385 e. The standard InChI is InChI=1S/C14H19FO/c1-9(2)11-7-14(16,8-11)12-5-4-10(3)13(15)6-12/h4-6,9,11,16H,7-8H2,1-3H3. The van der Waals surface area contributed by atoms with Crippen LogP contribution in [0.3, 0.4) is 0 Å². The Kier molecular flexibility index (Phi) is 2.79. The van der Waals surface area contributed by atoms with Crippen LogP contribution in [0.4, 0.5) is 4.39 Å². The van der Waals surface area contributed by atoms with E-state index in [0.717, 1.165) is 18.4 Å². The molecule has 88 valence electrons. The summed E-state index contributed by atoms with van der Waals surface area (Å²) in [7, 11) is 0. The normalized spacial score (nSPS) is 29.2. The second kappa shape index (κ2) is 3.85. The van der Waals surface area contributed by atoms with Gasteiger partial charge in [0.1, 0.15) is 5.82 Å². The lowest BCUT2D eigenvalue weighted by molar-refractivity contribution is -0.0935. The number of aliphatic hydroxyl groups is 1. The van der Waals surface area contributed by atoms with Crippen LogP contribution in [0.25, 0.3) is 0 Å². The fourth-order valence-electron chi connectivity index (χ4n) is 2.40. The Morgan fingerprint density at radius 3 is 2.50 bits per heavy atom. The molecule has 2 heteroatoms. The Morgan fingerprint density at radius 2 is 2.00 bits per heavy atom. The third-order valence-electron chi connectivity index (χ3n) is 3.85. The fraction of sp³-hybridized carbons (Fsp3) is 0.571. The van der Waals surface area contributed by atoms with Gasteiger partial charge in [-0.2, -0.15) is 0 Å². The highest BCUT2D eigenvalue weighted by Crippen LogP contribution is 2.48. The minimum absolute atomic E-state index is 0.223. The van der Waals surface area contributed by atoms with Crippen LogP contribution in [-0.2, 0) is 5.60 Å². The van der Waals surface area contributed by atoms with Crippen LogP contribution >= 0.6 is 0 Å². The van der Waals surface area contributed by atoms with Crippen LogP contribution in [-0.4, -0.2) is 5.11 Å². The van der Waals surface area contributed by atoms with Crippen LogP contribution in [0.5, 0.6) is 0 Å². The van der Waals surface area contributed by atoms with Gasteiger partial charge in [0, 0.05) is 0 Å². The highest BCUT2D eigenvalue weighted by molar-refractivity contribution is 5.30. The third-order valence-corrected chi connectivity index (χ3v) is 3.85. The van der Waals surface area contributed by atoms with Gasteiger partial charge in [0.25, 0.3) is 0 Å². The molecule has 1 aliphatic rings. The molecule has 1 aromatic carbocycles. The molecule has 0 saturated heterocycles. The molecule has 2 rings (SSSR count). The van der Waals surface area contributed by atoms with E-state index in [1.807, 2.05) is 6.07 Å². The summed E-state index contributed by atoms with van der Waals surface area (Å²) in [5.41, 5.74) is 0.573. The second-order valence-corrected chi connectivity index (χ2v) is 5.41. The summed E-state index contributed by atoms with van der Waals surface area (Å²) in [6, 6.07) is 5.06. The molecule has 0 unspecified atom stereocenters. The van der Waals surface area contributed by atoms with Crippen LogP contribution in [0, 0.1) is 24.6 Å². The summed E-state index contributed by atoms with van der Waals surface area (Å²) >= 11 is 0. The molecule has 1 fully saturated rings. The lowest BCUT2D eigenvalue weighted by Crippen LogP contribution is -2.43. The Bertz CT molecular complexity index is 392. The van der Waals surface area contributed by atoms with E-state index < -0.39 is 5.60 Å². The Morgan fingerprint density at radius 1 is 1.38 bits per heavy atom. The zero-order chi connectivity index (χ0) is 11.9. The van der Waals surface area contributed by atoms with Gasteiger partial charge in [0.05, 0.1) is 5.60 Å². The van der Waals surface area contributed by atoms with Crippen LogP contribution in [0.15, 0.2) is 18.2 Å². The first kappa shape index (κ1) is 11.6. The number of benzene rings is 1. The molecule has 0 aliphatic heterocycles. The van der Waals surface area contributed by atoms with Crippen molar-refractivity contribution in [2.24, 2.45) is 11.8 Å². The first-order valence-electron chi connectivity index (χ1n) is 5.91. The summed E-state index contributed by atoms with van der Waals surface area (Å²) in [5, 5.41) is 10.3. The first-order chi connectivity index (χ1) is 7.42. The van der Waals surface area contributed by atoms with Crippen molar-refractivity contribution in [2.75, 3.05) is 0 Å². The highest BCUT2D eigenvalue weighted by atomic mass is 19.1. The second-order valence-electron chi connectivity index (χ2n) is 5.41. The largest absolute Gasteiger partial charge is 0.385 e. The van der Waals surface area contributed by atoms with Gasteiger partial charge in [0.2, 0.25) is 0 Å². The zero-order valence-electron chi connectivity index (χ0n) is 10.1. The number of halogens is 1. The quantitative estimate of drug-likeness (QED) is 0.813. The van der Waals surface area contributed by atoms with E-state index >= 15 is 0 Å². The minimum atomic E-state index is -0.788. The van der Waals surface area contributed by atoms with Crippen molar-refractivity contribution < 1.29 is 9.50 Å². The molecule has 0 atom stereocenters. The molecule has 1 aliphatic carbocycles. The van der Waals surface area contributed by atoms with Gasteiger partial charge >= 0.3 is 0 Å². The zero-order valence-corrected chi connectivity index (χ0v) is 10.1. The number of hydrogen-bond donors (Lipinski definition) is 1. The van der Waals surface area contributed by atoms with Crippen molar-refractivity contribution in [1.29, 1.82) is 0 Å². The maximum absolute atomic E-state index is 13.4. The van der Waals surface area contributed by atoms with E-state index in [0.29, 0.717) is 17.4 Å². The molecule has 0 heterocycles. The Balaban J connectivity index is 2.17. The average Bonchev–Trinajstić information content (AvgIpc) is 2.17. The van der Waals surface area contributed by atoms with Crippen molar-refractivity contribution >= 4 is 0 Å². The topological polar surface area (TPSA) is 20.2 Å². The smallest absolute Gasteiger partial charge is 0.126 e. The molecule has 1 nitrogen and oxygen atoms in total. The predicted octanol–water partition coefficient (Wildman–Crippen LogP) is 3.39. The van der Waals surface area contributed by atoms with Crippen LogP contribution < -0.4 is 0 Å². The number of rotatable bonds is 2. The van der Waals surface area contributed by atoms with Gasteiger partial charge < -0.3 is 5.11 Å². The summed E-state index contributed by atoms with van der Waals surface area (Å²) in [5.74, 6) is 0.934. The molecular weight excluding hydrogens is 203 g/mol. The number of hydrogen-bond acceptors (Lipinski definition) is 1. The molecule has 0 spiro atoms. The van der Waals surface area contributed by atoms with Gasteiger partial charge in [-0.3, -0.25) is 0 Å². The van der Waals surface area contributed by atoms with E-state index in [-0.39, 0.29) is 5.82 Å². The molecule has 0 aromatic heterocycles. The van der Waals surface area contributed by atoms with Crippen molar-refractivity contribution in [3.05, 3.63) is 35.1 Å². The molecule has 1 N–H and O–H groups in total. The lowest BCUT2D eigenvalue weighted by Gasteiger charge is -2.46. The Hall–Kier alpha value is -0.890. The van der Waals surface area contributed by atoms with E-state index in [2.05, 4.69) is 13.8 Å². The fourth-order valence-corrected chi connectivity index (χ4v) is 2.40. The molecule has 0 radical (unpaired) electrons. The lowest BCUT2D eigenvalue weighted by atomic mass is 9.63. The summed E-state index contributed by atoms with van der Waals surface area (Å²) in [6.07, 6.45) is 1.51. The van der Waals surface area contributed by atoms with E-state index in [1.54, 1.807) is 13.0 Å². The van der Waals surface area contributed by atoms with Gasteiger partial charge in [-0.25, -0.2) is 4.39 Å². The maximum Gasteiger partial charge on any atom is 0.126 e. The average molecular weight is 222 g/mol. The molecule has 0 bridgehead atoms. The van der Waals surface area contributed by atoms with Gasteiger partial charge in [-0.15, -0.1) is 0 Å². The summed E-state index contributed by atoms with van der Waals surface area (Å²) < 4.78 is 13.4. The van der Waals surface area contributed by atoms with E-state index in [4.69, 9.17) is 0 Å². The van der Waals surface area contributed by atoms with Crippen molar-refractivity contribution in [1.82, 2.24) is 0 Å². The van der Waals surface area contributed by atoms with E-state index in [1.165, 1.54) is 6.07 Å². The van der Waals surface area contributed by atoms with Gasteiger partial charge in [0.15, 0.2) is 0 Å². The first-order valence-corrected chi connectivity index (χ1v) is 5.91. The van der Waals surface area contributed by atoms with Crippen molar-refractivity contribution in [3.8, 4) is 0 Å². The molecule has 1 aromatic rings. The molecule has 0 amide bonds. The van der Waals surface area contributed by atoms with Crippen molar-refractivity contribution in [3.63, 3.8) is 0 Å².